The van der Waals surface area contributed by atoms with Crippen molar-refractivity contribution in [3.8, 4) is 0 Å². The Kier molecular flexibility index (Phi) is 6.51. The lowest BCUT2D eigenvalue weighted by Crippen LogP contribution is -2.33. The maximum Gasteiger partial charge on any atom is 0.324 e. The Morgan fingerprint density at radius 3 is 2.57 bits per heavy atom. The molecule has 5 heteroatoms. The number of piperidine rings is 1. The van der Waals surface area contributed by atoms with Crippen LogP contribution in [0.1, 0.15) is 37.0 Å². The van der Waals surface area contributed by atoms with Crippen molar-refractivity contribution in [3.05, 3.63) is 35.9 Å². The van der Waals surface area contributed by atoms with Gasteiger partial charge in [0.25, 0.3) is 0 Å². The van der Waals surface area contributed by atoms with Gasteiger partial charge in [0, 0.05) is 13.1 Å². The molecule has 1 saturated heterocycles. The molecule has 0 N–H and O–H groups in total. The first-order valence-corrected chi connectivity index (χ1v) is 8.68. The molecule has 114 valence electrons. The quantitative estimate of drug-likeness (QED) is 0.621. The maximum atomic E-state index is 12.2. The van der Waals surface area contributed by atoms with Crippen LogP contribution < -0.4 is 0 Å². The number of nitrogens with zero attached hydrogens (tertiary/aromatic N) is 1. The van der Waals surface area contributed by atoms with E-state index in [4.69, 9.17) is 17.0 Å². The van der Waals surface area contributed by atoms with Gasteiger partial charge in [0.05, 0.1) is 6.61 Å². The lowest BCUT2D eigenvalue weighted by atomic mass is 10.1. The number of thioether (sulfide) groups is 1. The van der Waals surface area contributed by atoms with E-state index >= 15 is 0 Å². The molecule has 0 bridgehead atoms. The SMILES string of the molecule is CCOC(=O)C(SC(=S)N1CCCCC1)c1ccccc1. The molecule has 0 aliphatic carbocycles. The Bertz CT molecular complexity index is 472. The lowest BCUT2D eigenvalue weighted by Gasteiger charge is -2.30. The van der Waals surface area contributed by atoms with Crippen LogP contribution in [-0.2, 0) is 9.53 Å². The smallest absolute Gasteiger partial charge is 0.324 e. The van der Waals surface area contributed by atoms with Crippen LogP contribution in [0.3, 0.4) is 0 Å². The van der Waals surface area contributed by atoms with Gasteiger partial charge in [0.15, 0.2) is 0 Å². The van der Waals surface area contributed by atoms with Crippen molar-refractivity contribution < 1.29 is 9.53 Å². The van der Waals surface area contributed by atoms with Gasteiger partial charge in [-0.3, -0.25) is 4.79 Å². The predicted molar refractivity (Wildman–Crippen MR) is 91.4 cm³/mol. The molecule has 1 heterocycles. The number of rotatable bonds is 4. The van der Waals surface area contributed by atoms with E-state index in [9.17, 15) is 4.79 Å². The summed E-state index contributed by atoms with van der Waals surface area (Å²) in [7, 11) is 0. The molecule has 1 aliphatic rings. The molecular formula is C16H21NO2S2. The Balaban J connectivity index is 2.08. The molecule has 1 unspecified atom stereocenters. The summed E-state index contributed by atoms with van der Waals surface area (Å²) in [4.78, 5) is 14.4. The summed E-state index contributed by atoms with van der Waals surface area (Å²) in [5, 5.41) is -0.374. The fourth-order valence-electron chi connectivity index (χ4n) is 2.35. The highest BCUT2D eigenvalue weighted by Crippen LogP contribution is 2.33. The molecule has 2 rings (SSSR count). The van der Waals surface area contributed by atoms with Crippen molar-refractivity contribution in [2.45, 2.75) is 31.4 Å². The number of hydrogen-bond donors (Lipinski definition) is 0. The molecule has 0 saturated carbocycles. The summed E-state index contributed by atoms with van der Waals surface area (Å²) in [5.74, 6) is -0.215. The average Bonchev–Trinajstić information content (AvgIpc) is 2.54. The Morgan fingerprint density at radius 2 is 1.95 bits per heavy atom. The first kappa shape index (κ1) is 16.3. The molecular weight excluding hydrogens is 302 g/mol. The van der Waals surface area contributed by atoms with E-state index < -0.39 is 0 Å². The van der Waals surface area contributed by atoms with Crippen LogP contribution in [0, 0.1) is 0 Å². The number of benzene rings is 1. The number of carbonyl (C=O) groups excluding carboxylic acids is 1. The van der Waals surface area contributed by atoms with Crippen LogP contribution in [-0.4, -0.2) is 34.9 Å². The van der Waals surface area contributed by atoms with Gasteiger partial charge in [-0.15, -0.1) is 0 Å². The number of thiocarbonyl (C=S) groups is 1. The molecule has 3 nitrogen and oxygen atoms in total. The zero-order chi connectivity index (χ0) is 15.1. The van der Waals surface area contributed by atoms with Crippen LogP contribution in [0.2, 0.25) is 0 Å². The summed E-state index contributed by atoms with van der Waals surface area (Å²) >= 11 is 6.97. The normalized spacial score (nSPS) is 16.3. The van der Waals surface area contributed by atoms with Gasteiger partial charge in [-0.1, -0.05) is 54.3 Å². The molecule has 0 aromatic heterocycles. The van der Waals surface area contributed by atoms with Crippen LogP contribution >= 0.6 is 24.0 Å². The van der Waals surface area contributed by atoms with E-state index in [-0.39, 0.29) is 11.2 Å². The van der Waals surface area contributed by atoms with Crippen LogP contribution in [0.25, 0.3) is 0 Å². The maximum absolute atomic E-state index is 12.2. The van der Waals surface area contributed by atoms with Gasteiger partial charge < -0.3 is 9.64 Å². The zero-order valence-corrected chi connectivity index (χ0v) is 13.9. The zero-order valence-electron chi connectivity index (χ0n) is 12.3. The summed E-state index contributed by atoms with van der Waals surface area (Å²) in [6.07, 6.45) is 3.62. The number of likely N-dealkylation sites (tertiary alicyclic amines) is 1. The fourth-order valence-corrected chi connectivity index (χ4v) is 3.81. The minimum atomic E-state index is -0.374. The molecule has 1 atom stereocenters. The molecule has 0 spiro atoms. The summed E-state index contributed by atoms with van der Waals surface area (Å²) in [5.41, 5.74) is 0.945. The number of carbonyl (C=O) groups is 1. The van der Waals surface area contributed by atoms with Gasteiger partial charge in [0.2, 0.25) is 0 Å². The second-order valence-corrected chi connectivity index (χ2v) is 6.71. The van der Waals surface area contributed by atoms with E-state index in [2.05, 4.69) is 4.90 Å². The second kappa shape index (κ2) is 8.39. The van der Waals surface area contributed by atoms with Crippen molar-refractivity contribution in [2.75, 3.05) is 19.7 Å². The number of hydrogen-bond acceptors (Lipinski definition) is 4. The van der Waals surface area contributed by atoms with Crippen molar-refractivity contribution in [3.63, 3.8) is 0 Å². The third kappa shape index (κ3) is 4.71. The first-order valence-electron chi connectivity index (χ1n) is 7.39. The largest absolute Gasteiger partial charge is 0.465 e. The topological polar surface area (TPSA) is 29.5 Å². The van der Waals surface area contributed by atoms with Gasteiger partial charge in [-0.2, -0.15) is 0 Å². The van der Waals surface area contributed by atoms with E-state index in [1.165, 1.54) is 31.0 Å². The van der Waals surface area contributed by atoms with E-state index in [1.54, 1.807) is 0 Å². The lowest BCUT2D eigenvalue weighted by molar-refractivity contribution is -0.142. The highest BCUT2D eigenvalue weighted by atomic mass is 32.2. The third-order valence-electron chi connectivity index (χ3n) is 3.44. The Hall–Kier alpha value is -1.07. The Labute approximate surface area is 136 Å². The van der Waals surface area contributed by atoms with Gasteiger partial charge >= 0.3 is 5.97 Å². The summed E-state index contributed by atoms with van der Waals surface area (Å²) in [6, 6.07) is 9.72. The van der Waals surface area contributed by atoms with Gasteiger partial charge in [0.1, 0.15) is 9.57 Å². The van der Waals surface area contributed by atoms with Crippen molar-refractivity contribution in [1.29, 1.82) is 0 Å². The highest BCUT2D eigenvalue weighted by molar-refractivity contribution is 8.23. The fraction of sp³-hybridized carbons (Fsp3) is 0.500. The molecule has 1 fully saturated rings. The molecule has 1 aliphatic heterocycles. The molecule has 1 aromatic rings. The van der Waals surface area contributed by atoms with E-state index in [1.807, 2.05) is 37.3 Å². The number of ether oxygens (including phenoxy) is 1. The van der Waals surface area contributed by atoms with Gasteiger partial charge in [-0.25, -0.2) is 0 Å². The standard InChI is InChI=1S/C16H21NO2S2/c1-2-19-15(18)14(13-9-5-3-6-10-13)21-16(20)17-11-7-4-8-12-17/h3,5-6,9-10,14H,2,4,7-8,11-12H2,1H3. The summed E-state index contributed by atoms with van der Waals surface area (Å²) < 4.78 is 6.01. The monoisotopic (exact) mass is 323 g/mol. The van der Waals surface area contributed by atoms with Crippen LogP contribution in [0.5, 0.6) is 0 Å². The second-order valence-electron chi connectivity index (χ2n) is 4.97. The van der Waals surface area contributed by atoms with E-state index in [0.29, 0.717) is 6.61 Å². The molecule has 0 radical (unpaired) electrons. The van der Waals surface area contributed by atoms with Crippen molar-refractivity contribution in [2.24, 2.45) is 0 Å². The highest BCUT2D eigenvalue weighted by Gasteiger charge is 2.26. The third-order valence-corrected chi connectivity index (χ3v) is 5.14. The predicted octanol–water partition coefficient (Wildman–Crippen LogP) is 3.79. The van der Waals surface area contributed by atoms with Crippen LogP contribution in [0.15, 0.2) is 30.3 Å². The van der Waals surface area contributed by atoms with Crippen molar-refractivity contribution >= 4 is 34.3 Å². The van der Waals surface area contributed by atoms with Crippen molar-refractivity contribution in [1.82, 2.24) is 4.90 Å². The van der Waals surface area contributed by atoms with E-state index in [0.717, 1.165) is 23.0 Å². The summed E-state index contributed by atoms with van der Waals surface area (Å²) in [6.45, 7) is 4.21. The number of esters is 1. The molecule has 1 aromatic carbocycles. The molecule has 21 heavy (non-hydrogen) atoms. The van der Waals surface area contributed by atoms with Gasteiger partial charge in [-0.05, 0) is 31.7 Å². The first-order chi connectivity index (χ1) is 10.2. The van der Waals surface area contributed by atoms with Crippen LogP contribution in [0.4, 0.5) is 0 Å². The average molecular weight is 323 g/mol. The minimum Gasteiger partial charge on any atom is -0.465 e. The Morgan fingerprint density at radius 1 is 1.29 bits per heavy atom. The minimum absolute atomic E-state index is 0.215. The molecule has 0 amide bonds.